The maximum Gasteiger partial charge on any atom is 0.202 e. The number of fused-ring (bicyclic) bond motifs is 1. The second-order valence-corrected chi connectivity index (χ2v) is 9.78. The van der Waals surface area contributed by atoms with Crippen molar-refractivity contribution in [1.82, 2.24) is 4.90 Å². The fourth-order valence-electron chi connectivity index (χ4n) is 5.14. The topological polar surface area (TPSA) is 88.2 Å². The summed E-state index contributed by atoms with van der Waals surface area (Å²) < 4.78 is 0. The number of halogens is 1. The van der Waals surface area contributed by atoms with Crippen LogP contribution in [0.5, 0.6) is 0 Å². The molecule has 3 rings (SSSR count). The molecule has 7 heteroatoms. The first-order chi connectivity index (χ1) is 16.6. The average molecular weight is 491 g/mol. The van der Waals surface area contributed by atoms with Gasteiger partial charge in [-0.15, -0.1) is 0 Å². The smallest absolute Gasteiger partial charge is 0.202 e. The van der Waals surface area contributed by atoms with Crippen molar-refractivity contribution in [3.63, 3.8) is 0 Å². The van der Waals surface area contributed by atoms with Gasteiger partial charge in [-0.25, -0.2) is 0 Å². The fraction of sp³-hybridized carbons (Fsp3) is 0.429. The van der Waals surface area contributed by atoms with E-state index in [4.69, 9.17) is 11.6 Å². The van der Waals surface area contributed by atoms with Crippen LogP contribution < -0.4 is 4.90 Å². The number of carbonyl (C=O) groups excluding carboxylic acids is 2. The Labute approximate surface area is 212 Å². The number of benzene rings is 1. The Morgan fingerprint density at radius 1 is 0.971 bits per heavy atom. The monoisotopic (exact) mass is 490 g/mol. The van der Waals surface area contributed by atoms with Crippen molar-refractivity contribution >= 4 is 34.4 Å². The fourth-order valence-corrected chi connectivity index (χ4v) is 5.43. The number of rotatable bonds is 8. The highest BCUT2D eigenvalue weighted by Crippen LogP contribution is 2.64. The van der Waals surface area contributed by atoms with Crippen LogP contribution in [0, 0.1) is 33.5 Å². The zero-order valence-corrected chi connectivity index (χ0v) is 21.8. The lowest BCUT2D eigenvalue weighted by Gasteiger charge is -2.49. The van der Waals surface area contributed by atoms with Crippen LogP contribution in [0.4, 0.5) is 5.69 Å². The highest BCUT2D eigenvalue weighted by Gasteiger charge is 2.72. The molecule has 6 nitrogen and oxygen atoms in total. The summed E-state index contributed by atoms with van der Waals surface area (Å²) in [5.74, 6) is -1.34. The van der Waals surface area contributed by atoms with E-state index in [-0.39, 0.29) is 22.7 Å². The minimum absolute atomic E-state index is 0.0360. The van der Waals surface area contributed by atoms with Crippen LogP contribution in [0.3, 0.4) is 0 Å². The van der Waals surface area contributed by atoms with Crippen molar-refractivity contribution in [1.29, 1.82) is 10.5 Å². The van der Waals surface area contributed by atoms with E-state index >= 15 is 0 Å². The van der Waals surface area contributed by atoms with Gasteiger partial charge in [-0.05, 0) is 83.2 Å². The zero-order valence-electron chi connectivity index (χ0n) is 21.1. The first kappa shape index (κ1) is 26.3. The molecule has 2 aliphatic carbocycles. The Balaban J connectivity index is 2.10. The molecule has 2 atom stereocenters. The van der Waals surface area contributed by atoms with Gasteiger partial charge < -0.3 is 9.80 Å². The summed E-state index contributed by atoms with van der Waals surface area (Å²) in [6, 6.07) is 12.1. The number of nitriles is 2. The summed E-state index contributed by atoms with van der Waals surface area (Å²) in [4.78, 5) is 31.3. The molecule has 0 bridgehead atoms. The molecular weight excluding hydrogens is 460 g/mol. The third-order valence-corrected chi connectivity index (χ3v) is 7.31. The van der Waals surface area contributed by atoms with Crippen molar-refractivity contribution in [2.75, 3.05) is 18.0 Å². The SMILES string of the molecule is CCN(/C=C/C1=C(Cl)C(=O)[C@]2(C#N)C(c3ccc(N(C(C)C)C(C)C)cc3)=C[C@]2(C#N)C1=O)CC. The largest absolute Gasteiger partial charge is 0.378 e. The standard InChI is InChI=1S/C28H31ClN4O2/c1-7-32(8-2)14-13-22-24(29)26(35)28(17-31)23(15-27(28,16-30)25(22)34)20-9-11-21(12-10-20)33(18(3)4)19(5)6/h9-15,18-19H,7-8H2,1-6H3/b14-13+/t27-,28-/m0/s1. The van der Waals surface area contributed by atoms with Gasteiger partial charge in [0.15, 0.2) is 16.6 Å². The highest BCUT2D eigenvalue weighted by molar-refractivity contribution is 6.50. The molecule has 0 saturated heterocycles. The summed E-state index contributed by atoms with van der Waals surface area (Å²) in [6.45, 7) is 13.8. The van der Waals surface area contributed by atoms with E-state index in [9.17, 15) is 20.1 Å². The van der Waals surface area contributed by atoms with E-state index in [1.165, 1.54) is 12.2 Å². The molecule has 0 unspecified atom stereocenters. The third kappa shape index (κ3) is 3.77. The highest BCUT2D eigenvalue weighted by atomic mass is 35.5. The quantitative estimate of drug-likeness (QED) is 0.496. The summed E-state index contributed by atoms with van der Waals surface area (Å²) in [5.41, 5.74) is -1.95. The van der Waals surface area contributed by atoms with Crippen LogP contribution in [0.1, 0.15) is 47.1 Å². The van der Waals surface area contributed by atoms with Crippen LogP contribution in [-0.4, -0.2) is 41.6 Å². The molecule has 0 N–H and O–H groups in total. The third-order valence-electron chi connectivity index (χ3n) is 6.93. The van der Waals surface area contributed by atoms with Crippen molar-refractivity contribution in [3.8, 4) is 12.1 Å². The second-order valence-electron chi connectivity index (χ2n) is 9.40. The summed E-state index contributed by atoms with van der Waals surface area (Å²) in [6.07, 6.45) is 4.62. The molecule has 0 fully saturated rings. The number of carbonyl (C=O) groups is 2. The minimum atomic E-state index is -1.97. The van der Waals surface area contributed by atoms with Gasteiger partial charge in [-0.1, -0.05) is 23.7 Å². The number of ketones is 2. The number of nitrogens with zero attached hydrogens (tertiary/aromatic N) is 4. The lowest BCUT2D eigenvalue weighted by molar-refractivity contribution is -0.133. The molecule has 1 aromatic rings. The molecule has 0 saturated carbocycles. The number of hydrogen-bond acceptors (Lipinski definition) is 6. The van der Waals surface area contributed by atoms with Crippen LogP contribution in [0.2, 0.25) is 0 Å². The Hall–Kier alpha value is -3.35. The molecule has 182 valence electrons. The molecule has 35 heavy (non-hydrogen) atoms. The summed E-state index contributed by atoms with van der Waals surface area (Å²) in [7, 11) is 0. The van der Waals surface area contributed by atoms with Crippen molar-refractivity contribution in [2.24, 2.45) is 10.8 Å². The van der Waals surface area contributed by atoms with E-state index in [0.717, 1.165) is 5.69 Å². The Bertz CT molecular complexity index is 1200. The molecule has 1 aromatic carbocycles. The Morgan fingerprint density at radius 3 is 2.00 bits per heavy atom. The van der Waals surface area contributed by atoms with E-state index in [2.05, 4.69) is 32.6 Å². The number of Topliss-reactive ketones (excluding diaryl/α,β-unsaturated/α-hetero) is 2. The van der Waals surface area contributed by atoms with Gasteiger partial charge in [0.05, 0.1) is 17.2 Å². The molecule has 0 radical (unpaired) electrons. The van der Waals surface area contributed by atoms with Crippen molar-refractivity contribution in [3.05, 3.63) is 58.8 Å². The summed E-state index contributed by atoms with van der Waals surface area (Å²) >= 11 is 6.41. The zero-order chi connectivity index (χ0) is 26.1. The maximum atomic E-state index is 13.6. The van der Waals surface area contributed by atoms with E-state index in [1.54, 1.807) is 6.20 Å². The van der Waals surface area contributed by atoms with Gasteiger partial charge >= 0.3 is 0 Å². The summed E-state index contributed by atoms with van der Waals surface area (Å²) in [5, 5.41) is 20.0. The molecule has 0 aliphatic heterocycles. The number of hydrogen-bond donors (Lipinski definition) is 0. The van der Waals surface area contributed by atoms with Crippen LogP contribution in [0.15, 0.2) is 53.2 Å². The van der Waals surface area contributed by atoms with Crippen LogP contribution >= 0.6 is 11.6 Å². The van der Waals surface area contributed by atoms with Crippen LogP contribution in [-0.2, 0) is 9.59 Å². The minimum Gasteiger partial charge on any atom is -0.378 e. The van der Waals surface area contributed by atoms with Crippen LogP contribution in [0.25, 0.3) is 5.57 Å². The van der Waals surface area contributed by atoms with E-state index in [0.29, 0.717) is 24.2 Å². The Morgan fingerprint density at radius 2 is 1.54 bits per heavy atom. The lowest BCUT2D eigenvalue weighted by atomic mass is 9.45. The van der Waals surface area contributed by atoms with Gasteiger partial charge in [0.2, 0.25) is 5.78 Å². The molecule has 0 spiro atoms. The first-order valence-electron chi connectivity index (χ1n) is 11.9. The first-order valence-corrected chi connectivity index (χ1v) is 12.3. The predicted molar refractivity (Wildman–Crippen MR) is 138 cm³/mol. The molecule has 2 aliphatic rings. The molecule has 0 amide bonds. The van der Waals surface area contributed by atoms with Gasteiger partial charge in [0, 0.05) is 36.4 Å². The lowest BCUT2D eigenvalue weighted by Crippen LogP contribution is -2.60. The predicted octanol–water partition coefficient (Wildman–Crippen LogP) is 5.23. The van der Waals surface area contributed by atoms with E-state index < -0.39 is 22.4 Å². The Kier molecular flexibility index (Phi) is 7.29. The average Bonchev–Trinajstić information content (AvgIpc) is 2.81. The normalized spacial score (nSPS) is 23.7. The molecular formula is C28H31ClN4O2. The van der Waals surface area contributed by atoms with Crippen molar-refractivity contribution in [2.45, 2.75) is 53.6 Å². The van der Waals surface area contributed by atoms with Gasteiger partial charge in [0.1, 0.15) is 0 Å². The number of allylic oxidation sites excluding steroid dienone is 5. The van der Waals surface area contributed by atoms with Crippen molar-refractivity contribution < 1.29 is 9.59 Å². The number of anilines is 1. The molecule has 0 heterocycles. The second kappa shape index (κ2) is 9.72. The molecule has 0 aromatic heterocycles. The van der Waals surface area contributed by atoms with Gasteiger partial charge in [-0.2, -0.15) is 10.5 Å². The van der Waals surface area contributed by atoms with E-state index in [1.807, 2.05) is 55.2 Å². The van der Waals surface area contributed by atoms with Gasteiger partial charge in [-0.3, -0.25) is 9.59 Å². The maximum absolute atomic E-state index is 13.6. The van der Waals surface area contributed by atoms with Gasteiger partial charge in [0.25, 0.3) is 0 Å².